The first kappa shape index (κ1) is 21.0. The molecule has 8 heteroatoms. The van der Waals surface area contributed by atoms with Gasteiger partial charge in [-0.15, -0.1) is 0 Å². The maximum absolute atomic E-state index is 13.3. The zero-order valence-corrected chi connectivity index (χ0v) is 17.9. The van der Waals surface area contributed by atoms with Crippen molar-refractivity contribution in [2.75, 3.05) is 0 Å². The van der Waals surface area contributed by atoms with Gasteiger partial charge in [-0.2, -0.15) is 4.31 Å². The van der Waals surface area contributed by atoms with Gasteiger partial charge < -0.3 is 9.40 Å². The van der Waals surface area contributed by atoms with Crippen LogP contribution in [0.2, 0.25) is 0 Å². The van der Waals surface area contributed by atoms with Crippen LogP contribution in [0.15, 0.2) is 75.0 Å². The number of nitrogens with zero attached hydrogens (tertiary/aromatic N) is 1. The molecule has 2 aromatic heterocycles. The Morgan fingerprint density at radius 1 is 1.03 bits per heavy atom. The van der Waals surface area contributed by atoms with E-state index in [0.29, 0.717) is 11.3 Å². The molecule has 0 saturated carbocycles. The van der Waals surface area contributed by atoms with Gasteiger partial charge in [0.25, 0.3) is 5.56 Å². The number of H-pyrrole nitrogens is 1. The molecule has 0 aliphatic rings. The van der Waals surface area contributed by atoms with Crippen LogP contribution in [-0.4, -0.2) is 17.7 Å². The number of benzene rings is 2. The second kappa shape index (κ2) is 8.13. The quantitative estimate of drug-likeness (QED) is 0.485. The number of furan rings is 1. The van der Waals surface area contributed by atoms with Crippen molar-refractivity contribution in [3.63, 3.8) is 0 Å². The normalized spacial score (nSPS) is 12.0. The Balaban J connectivity index is 1.78. The molecule has 1 N–H and O–H groups in total. The van der Waals surface area contributed by atoms with E-state index in [0.717, 1.165) is 38.5 Å². The monoisotopic (exact) mass is 440 g/mol. The zero-order valence-electron chi connectivity index (χ0n) is 17.1. The Morgan fingerprint density at radius 2 is 1.77 bits per heavy atom. The second-order valence-corrected chi connectivity index (χ2v) is 9.41. The Kier molecular flexibility index (Phi) is 5.51. The lowest BCUT2D eigenvalue weighted by Crippen LogP contribution is -2.32. The number of hydrogen-bond donors (Lipinski definition) is 1. The van der Waals surface area contributed by atoms with Crippen LogP contribution in [0.5, 0.6) is 0 Å². The molecule has 6 nitrogen and oxygen atoms in total. The van der Waals surface area contributed by atoms with Gasteiger partial charge >= 0.3 is 0 Å². The predicted molar refractivity (Wildman–Crippen MR) is 116 cm³/mol. The van der Waals surface area contributed by atoms with E-state index in [2.05, 4.69) is 4.98 Å². The van der Waals surface area contributed by atoms with E-state index in [1.807, 2.05) is 26.0 Å². The summed E-state index contributed by atoms with van der Waals surface area (Å²) in [7, 11) is -4.02. The van der Waals surface area contributed by atoms with Gasteiger partial charge in [-0.1, -0.05) is 11.6 Å². The van der Waals surface area contributed by atoms with Gasteiger partial charge in [-0.25, -0.2) is 12.8 Å². The van der Waals surface area contributed by atoms with E-state index in [4.69, 9.17) is 4.42 Å². The summed E-state index contributed by atoms with van der Waals surface area (Å²) < 4.78 is 46.4. The number of aromatic amines is 1. The highest BCUT2D eigenvalue weighted by Gasteiger charge is 2.27. The molecule has 0 radical (unpaired) electrons. The topological polar surface area (TPSA) is 83.4 Å². The first-order valence-electron chi connectivity index (χ1n) is 9.65. The van der Waals surface area contributed by atoms with E-state index in [1.54, 1.807) is 18.2 Å². The minimum Gasteiger partial charge on any atom is -0.468 e. The van der Waals surface area contributed by atoms with Crippen molar-refractivity contribution < 1.29 is 17.2 Å². The molecule has 0 saturated heterocycles. The minimum absolute atomic E-state index is 0.0654. The summed E-state index contributed by atoms with van der Waals surface area (Å²) in [6.07, 6.45) is 1.45. The third-order valence-corrected chi connectivity index (χ3v) is 6.89. The van der Waals surface area contributed by atoms with Gasteiger partial charge in [0.1, 0.15) is 11.6 Å². The largest absolute Gasteiger partial charge is 0.468 e. The molecule has 4 aromatic rings. The zero-order chi connectivity index (χ0) is 22.2. The van der Waals surface area contributed by atoms with Crippen molar-refractivity contribution in [3.8, 4) is 0 Å². The summed E-state index contributed by atoms with van der Waals surface area (Å²) in [6.45, 7) is 3.63. The lowest BCUT2D eigenvalue weighted by atomic mass is 10.1. The van der Waals surface area contributed by atoms with E-state index in [-0.39, 0.29) is 23.5 Å². The maximum Gasteiger partial charge on any atom is 0.252 e. The smallest absolute Gasteiger partial charge is 0.252 e. The molecule has 0 fully saturated rings. The lowest BCUT2D eigenvalue weighted by Gasteiger charge is -2.21. The van der Waals surface area contributed by atoms with Crippen LogP contribution >= 0.6 is 0 Å². The number of hydrogen-bond acceptors (Lipinski definition) is 4. The number of rotatable bonds is 6. The summed E-state index contributed by atoms with van der Waals surface area (Å²) in [6, 6.07) is 13.5. The molecule has 0 spiro atoms. The van der Waals surface area contributed by atoms with E-state index in [9.17, 15) is 17.6 Å². The third kappa shape index (κ3) is 4.30. The van der Waals surface area contributed by atoms with Crippen LogP contribution in [0.1, 0.15) is 22.5 Å². The Morgan fingerprint density at radius 3 is 2.45 bits per heavy atom. The minimum atomic E-state index is -4.02. The van der Waals surface area contributed by atoms with Crippen LogP contribution in [-0.2, 0) is 23.1 Å². The fourth-order valence-corrected chi connectivity index (χ4v) is 4.98. The molecule has 0 aliphatic heterocycles. The van der Waals surface area contributed by atoms with Crippen molar-refractivity contribution in [2.45, 2.75) is 31.8 Å². The van der Waals surface area contributed by atoms with Gasteiger partial charge in [-0.3, -0.25) is 4.79 Å². The summed E-state index contributed by atoms with van der Waals surface area (Å²) in [5, 5.41) is 0.823. The summed E-state index contributed by atoms with van der Waals surface area (Å²) in [5.41, 5.74) is 2.63. The van der Waals surface area contributed by atoms with Crippen molar-refractivity contribution >= 4 is 20.9 Å². The number of fused-ring (bicyclic) bond motifs is 1. The van der Waals surface area contributed by atoms with Crippen LogP contribution < -0.4 is 5.56 Å². The Bertz CT molecular complexity index is 1390. The molecule has 0 unspecified atom stereocenters. The highest BCUT2D eigenvalue weighted by atomic mass is 32.2. The molecule has 2 heterocycles. The highest BCUT2D eigenvalue weighted by Crippen LogP contribution is 2.23. The highest BCUT2D eigenvalue weighted by molar-refractivity contribution is 7.89. The molecule has 0 aliphatic carbocycles. The van der Waals surface area contributed by atoms with Crippen LogP contribution in [0.25, 0.3) is 10.9 Å². The number of pyridine rings is 1. The average Bonchev–Trinajstić information content (AvgIpc) is 3.22. The standard InChI is InChI=1S/C23H21FN2O4S/c1-15-10-16(2)22-17(11-15)12-18(23(27)25-22)13-26(14-20-4-3-9-30-20)31(28,29)21-7-5-19(24)6-8-21/h3-12H,13-14H2,1-2H3,(H,25,27). The van der Waals surface area contributed by atoms with Gasteiger partial charge in [0.05, 0.1) is 23.2 Å². The van der Waals surface area contributed by atoms with E-state index >= 15 is 0 Å². The molecule has 0 amide bonds. The first-order chi connectivity index (χ1) is 14.7. The number of aryl methyl sites for hydroxylation is 2. The molecule has 31 heavy (non-hydrogen) atoms. The second-order valence-electron chi connectivity index (χ2n) is 7.48. The van der Waals surface area contributed by atoms with Gasteiger partial charge in [0.15, 0.2) is 0 Å². The van der Waals surface area contributed by atoms with E-state index in [1.165, 1.54) is 18.4 Å². The summed E-state index contributed by atoms with van der Waals surface area (Å²) >= 11 is 0. The number of aromatic nitrogens is 1. The fraction of sp³-hybridized carbons (Fsp3) is 0.174. The van der Waals surface area contributed by atoms with Gasteiger partial charge in [0.2, 0.25) is 10.0 Å². The third-order valence-electron chi connectivity index (χ3n) is 5.08. The molecular formula is C23H21FN2O4S. The van der Waals surface area contributed by atoms with Crippen LogP contribution in [0, 0.1) is 19.7 Å². The van der Waals surface area contributed by atoms with Gasteiger partial charge in [-0.05, 0) is 73.3 Å². The Labute approximate surface area is 179 Å². The van der Waals surface area contributed by atoms with Crippen molar-refractivity contribution in [1.82, 2.24) is 9.29 Å². The molecule has 0 bridgehead atoms. The molecule has 160 valence electrons. The molecule has 2 aromatic carbocycles. The van der Waals surface area contributed by atoms with Crippen molar-refractivity contribution in [1.29, 1.82) is 0 Å². The summed E-state index contributed by atoms with van der Waals surface area (Å²) in [5.74, 6) is -0.108. The molecule has 4 rings (SSSR count). The molecular weight excluding hydrogens is 419 g/mol. The molecule has 0 atom stereocenters. The van der Waals surface area contributed by atoms with Gasteiger partial charge in [0, 0.05) is 12.1 Å². The van der Waals surface area contributed by atoms with Crippen LogP contribution in [0.3, 0.4) is 0 Å². The number of halogens is 1. The van der Waals surface area contributed by atoms with Crippen molar-refractivity contribution in [3.05, 3.63) is 99.5 Å². The maximum atomic E-state index is 13.3. The van der Waals surface area contributed by atoms with Crippen LogP contribution in [0.4, 0.5) is 4.39 Å². The Hall–Kier alpha value is -3.23. The SMILES string of the molecule is Cc1cc(C)c2[nH]c(=O)c(CN(Cc3ccco3)S(=O)(=O)c3ccc(F)cc3)cc2c1. The first-order valence-corrected chi connectivity index (χ1v) is 11.1. The van der Waals surface area contributed by atoms with E-state index < -0.39 is 15.8 Å². The number of sulfonamides is 1. The summed E-state index contributed by atoms with van der Waals surface area (Å²) in [4.78, 5) is 15.6. The fourth-order valence-electron chi connectivity index (χ4n) is 3.60. The number of nitrogens with one attached hydrogen (secondary N) is 1. The lowest BCUT2D eigenvalue weighted by molar-refractivity contribution is 0.357. The predicted octanol–water partition coefficient (Wildman–Crippen LogP) is 4.27. The van der Waals surface area contributed by atoms with Crippen molar-refractivity contribution in [2.24, 2.45) is 0 Å². The average molecular weight is 440 g/mol.